The molecule has 15 heavy (non-hydrogen) atoms. The van der Waals surface area contributed by atoms with Crippen LogP contribution in [0.5, 0.6) is 0 Å². The highest BCUT2D eigenvalue weighted by Gasteiger charge is 2.06. The molecule has 0 aromatic rings. The van der Waals surface area contributed by atoms with Crippen LogP contribution in [0.1, 0.15) is 52.4 Å². The highest BCUT2D eigenvalue weighted by atomic mass is 32.1. The molecule has 0 amide bonds. The summed E-state index contributed by atoms with van der Waals surface area (Å²) in [7, 11) is 0. The van der Waals surface area contributed by atoms with E-state index in [4.69, 9.17) is 4.74 Å². The Morgan fingerprint density at radius 3 is 2.53 bits per heavy atom. The Hall–Kier alpha value is -0.180. The van der Waals surface area contributed by atoms with Gasteiger partial charge in [0.15, 0.2) is 0 Å². The number of hydrogen-bond acceptors (Lipinski definition) is 3. The Kier molecular flexibility index (Phi) is 10.2. The lowest BCUT2D eigenvalue weighted by Gasteiger charge is -2.12. The average molecular weight is 232 g/mol. The van der Waals surface area contributed by atoms with Gasteiger partial charge in [0.1, 0.15) is 0 Å². The molecule has 90 valence electrons. The third-order valence-corrected chi connectivity index (χ3v) is 3.02. The minimum Gasteiger partial charge on any atom is -0.466 e. The maximum Gasteiger partial charge on any atom is 0.305 e. The minimum atomic E-state index is -0.0598. The van der Waals surface area contributed by atoms with E-state index in [1.807, 2.05) is 6.92 Å². The summed E-state index contributed by atoms with van der Waals surface area (Å²) in [6, 6.07) is 0. The van der Waals surface area contributed by atoms with E-state index in [2.05, 4.69) is 19.6 Å². The van der Waals surface area contributed by atoms with E-state index in [0.717, 1.165) is 24.5 Å². The lowest BCUT2D eigenvalue weighted by molar-refractivity contribution is -0.143. The van der Waals surface area contributed by atoms with Gasteiger partial charge in [-0.15, -0.1) is 0 Å². The van der Waals surface area contributed by atoms with Crippen LogP contribution in [0.15, 0.2) is 0 Å². The zero-order valence-electron chi connectivity index (χ0n) is 10.00. The Labute approximate surface area is 99.2 Å². The highest BCUT2D eigenvalue weighted by molar-refractivity contribution is 7.80. The molecular formula is C12H24O2S. The first-order valence-electron chi connectivity index (χ1n) is 6.01. The lowest BCUT2D eigenvalue weighted by Crippen LogP contribution is -2.05. The number of esters is 1. The number of hydrogen-bond donors (Lipinski definition) is 1. The van der Waals surface area contributed by atoms with E-state index >= 15 is 0 Å². The van der Waals surface area contributed by atoms with E-state index in [0.29, 0.717) is 13.0 Å². The fraction of sp³-hybridized carbons (Fsp3) is 0.917. The molecule has 0 aliphatic carbocycles. The van der Waals surface area contributed by atoms with Crippen molar-refractivity contribution < 1.29 is 9.53 Å². The predicted octanol–water partition coefficient (Wildman–Crippen LogP) is 3.46. The quantitative estimate of drug-likeness (QED) is 0.374. The molecule has 1 atom stereocenters. The van der Waals surface area contributed by atoms with Crippen LogP contribution in [0.3, 0.4) is 0 Å². The number of unbranched alkanes of at least 4 members (excludes halogenated alkanes) is 1. The fourth-order valence-corrected chi connectivity index (χ4v) is 2.04. The highest BCUT2D eigenvalue weighted by Crippen LogP contribution is 2.16. The Morgan fingerprint density at radius 1 is 1.27 bits per heavy atom. The van der Waals surface area contributed by atoms with Gasteiger partial charge < -0.3 is 4.74 Å². The molecule has 2 nitrogen and oxygen atoms in total. The van der Waals surface area contributed by atoms with Gasteiger partial charge in [0, 0.05) is 6.42 Å². The molecule has 0 aliphatic rings. The van der Waals surface area contributed by atoms with Crippen LogP contribution in [-0.2, 0) is 9.53 Å². The zero-order valence-corrected chi connectivity index (χ0v) is 10.9. The van der Waals surface area contributed by atoms with Gasteiger partial charge in [0.2, 0.25) is 0 Å². The summed E-state index contributed by atoms with van der Waals surface area (Å²) in [6.45, 7) is 4.54. The van der Waals surface area contributed by atoms with Crippen LogP contribution in [0.2, 0.25) is 0 Å². The molecule has 0 rings (SSSR count). The smallest absolute Gasteiger partial charge is 0.305 e. The molecule has 0 aromatic heterocycles. The van der Waals surface area contributed by atoms with E-state index in [-0.39, 0.29) is 5.97 Å². The van der Waals surface area contributed by atoms with Gasteiger partial charge in [0.05, 0.1) is 6.61 Å². The average Bonchev–Trinajstić information content (AvgIpc) is 2.23. The van der Waals surface area contributed by atoms with E-state index < -0.39 is 0 Å². The van der Waals surface area contributed by atoms with Crippen molar-refractivity contribution in [1.29, 1.82) is 0 Å². The molecule has 0 N–H and O–H groups in total. The second-order valence-electron chi connectivity index (χ2n) is 3.89. The molecule has 0 saturated heterocycles. The Balaban J connectivity index is 3.39. The number of carbonyl (C=O) groups is 1. The first kappa shape index (κ1) is 14.8. The summed E-state index contributed by atoms with van der Waals surface area (Å²) in [5.74, 6) is 1.63. The van der Waals surface area contributed by atoms with Crippen LogP contribution < -0.4 is 0 Å². The van der Waals surface area contributed by atoms with Crippen LogP contribution in [0.4, 0.5) is 0 Å². The number of thiol groups is 1. The Morgan fingerprint density at radius 2 is 2.00 bits per heavy atom. The largest absolute Gasteiger partial charge is 0.466 e. The van der Waals surface area contributed by atoms with Crippen molar-refractivity contribution in [3.8, 4) is 0 Å². The molecule has 3 heteroatoms. The molecule has 0 spiro atoms. The molecular weight excluding hydrogens is 208 g/mol. The maximum atomic E-state index is 11.0. The van der Waals surface area contributed by atoms with Crippen molar-refractivity contribution in [2.45, 2.75) is 52.4 Å². The van der Waals surface area contributed by atoms with Gasteiger partial charge >= 0.3 is 5.97 Å². The molecule has 0 radical (unpaired) electrons. The van der Waals surface area contributed by atoms with Gasteiger partial charge in [-0.2, -0.15) is 12.6 Å². The zero-order chi connectivity index (χ0) is 11.5. The van der Waals surface area contributed by atoms with Gasteiger partial charge in [-0.05, 0) is 37.9 Å². The summed E-state index contributed by atoms with van der Waals surface area (Å²) in [6.07, 6.45) is 6.30. The number of rotatable bonds is 9. The fourth-order valence-electron chi connectivity index (χ4n) is 1.67. The molecule has 0 fully saturated rings. The maximum absolute atomic E-state index is 11.0. The molecule has 0 bridgehead atoms. The summed E-state index contributed by atoms with van der Waals surface area (Å²) in [4.78, 5) is 11.0. The summed E-state index contributed by atoms with van der Waals surface area (Å²) in [5.41, 5.74) is 0. The van der Waals surface area contributed by atoms with Crippen molar-refractivity contribution in [2.75, 3.05) is 12.4 Å². The normalized spacial score (nSPS) is 12.5. The predicted molar refractivity (Wildman–Crippen MR) is 67.4 cm³/mol. The summed E-state index contributed by atoms with van der Waals surface area (Å²) in [5, 5.41) is 0. The van der Waals surface area contributed by atoms with Crippen molar-refractivity contribution in [3.63, 3.8) is 0 Å². The van der Waals surface area contributed by atoms with Crippen molar-refractivity contribution in [1.82, 2.24) is 0 Å². The third-order valence-electron chi connectivity index (χ3n) is 2.50. The number of carbonyl (C=O) groups excluding carboxylic acids is 1. The first-order valence-corrected chi connectivity index (χ1v) is 6.64. The lowest BCUT2D eigenvalue weighted by atomic mass is 9.98. The molecule has 0 heterocycles. The number of ether oxygens (including phenoxy) is 1. The first-order chi connectivity index (χ1) is 7.24. The van der Waals surface area contributed by atoms with Gasteiger partial charge in [-0.3, -0.25) is 4.79 Å². The van der Waals surface area contributed by atoms with Crippen LogP contribution in [0, 0.1) is 5.92 Å². The second kappa shape index (κ2) is 10.3. The molecule has 0 saturated carbocycles. The van der Waals surface area contributed by atoms with Crippen LogP contribution >= 0.6 is 12.6 Å². The summed E-state index contributed by atoms with van der Waals surface area (Å²) >= 11 is 4.33. The van der Waals surface area contributed by atoms with Crippen molar-refractivity contribution in [3.05, 3.63) is 0 Å². The third kappa shape index (κ3) is 8.79. The van der Waals surface area contributed by atoms with E-state index in [1.54, 1.807) is 0 Å². The molecule has 0 aliphatic heterocycles. The minimum absolute atomic E-state index is 0.0598. The molecule has 0 aromatic carbocycles. The van der Waals surface area contributed by atoms with Gasteiger partial charge in [-0.25, -0.2) is 0 Å². The van der Waals surface area contributed by atoms with E-state index in [9.17, 15) is 4.79 Å². The van der Waals surface area contributed by atoms with Crippen molar-refractivity contribution >= 4 is 18.6 Å². The van der Waals surface area contributed by atoms with Gasteiger partial charge in [0.25, 0.3) is 0 Å². The summed E-state index contributed by atoms with van der Waals surface area (Å²) < 4.78 is 4.87. The van der Waals surface area contributed by atoms with Crippen molar-refractivity contribution in [2.24, 2.45) is 5.92 Å². The van der Waals surface area contributed by atoms with Crippen LogP contribution in [0.25, 0.3) is 0 Å². The van der Waals surface area contributed by atoms with E-state index in [1.165, 1.54) is 19.3 Å². The van der Waals surface area contributed by atoms with Gasteiger partial charge in [-0.1, -0.05) is 19.8 Å². The standard InChI is InChI=1S/C12H24O2S/c1-3-7-11(10-15)8-5-6-9-12(13)14-4-2/h11,15H,3-10H2,1-2H3. The molecule has 1 unspecified atom stereocenters. The van der Waals surface area contributed by atoms with Crippen LogP contribution in [-0.4, -0.2) is 18.3 Å². The Bertz CT molecular complexity index is 160. The monoisotopic (exact) mass is 232 g/mol. The topological polar surface area (TPSA) is 26.3 Å². The SMILES string of the molecule is CCCC(CS)CCCCC(=O)OCC. The second-order valence-corrected chi connectivity index (χ2v) is 4.25.